The van der Waals surface area contributed by atoms with Crippen molar-refractivity contribution in [2.45, 2.75) is 44.7 Å². The van der Waals surface area contributed by atoms with Crippen LogP contribution in [0.3, 0.4) is 0 Å². The van der Waals surface area contributed by atoms with Crippen LogP contribution in [0, 0.1) is 6.92 Å². The lowest BCUT2D eigenvalue weighted by Crippen LogP contribution is -2.38. The van der Waals surface area contributed by atoms with E-state index in [0.29, 0.717) is 21.1 Å². The molecule has 3 aromatic rings. The topological polar surface area (TPSA) is 90.7 Å². The number of nitrogens with zero attached hydrogens (tertiary/aromatic N) is 2. The number of Topliss-reactive ketones (excluding diaryl/α,β-unsaturated/α-hetero) is 1. The highest BCUT2D eigenvalue weighted by Crippen LogP contribution is 2.45. The second-order valence-corrected chi connectivity index (χ2v) is 10.1. The number of aliphatic hydroxyl groups is 1. The van der Waals surface area contributed by atoms with Crippen molar-refractivity contribution in [3.05, 3.63) is 81.0 Å². The number of hydrogen-bond donors (Lipinski definition) is 2. The van der Waals surface area contributed by atoms with Crippen molar-refractivity contribution in [2.75, 3.05) is 0 Å². The van der Waals surface area contributed by atoms with Gasteiger partial charge in [0.05, 0.1) is 27.2 Å². The molecule has 174 valence electrons. The third-order valence-electron chi connectivity index (χ3n) is 6.52. The number of benzene rings is 2. The summed E-state index contributed by atoms with van der Waals surface area (Å²) in [6.45, 7) is 1.76. The van der Waals surface area contributed by atoms with Crippen molar-refractivity contribution >= 4 is 34.6 Å². The van der Waals surface area contributed by atoms with Gasteiger partial charge in [-0.05, 0) is 37.5 Å². The van der Waals surface area contributed by atoms with Crippen molar-refractivity contribution < 1.29 is 19.8 Å². The molecule has 1 atom stereocenters. The molecule has 1 fully saturated rings. The maximum Gasteiger partial charge on any atom is 0.290 e. The highest BCUT2D eigenvalue weighted by atomic mass is 35.5. The van der Waals surface area contributed by atoms with Crippen molar-refractivity contribution in [3.63, 3.8) is 0 Å². The van der Waals surface area contributed by atoms with Crippen molar-refractivity contribution in [1.29, 1.82) is 0 Å². The van der Waals surface area contributed by atoms with Gasteiger partial charge in [0, 0.05) is 11.6 Å². The fourth-order valence-corrected chi connectivity index (χ4v) is 6.08. The maximum atomic E-state index is 13.9. The molecule has 6 nitrogen and oxygen atoms in total. The molecule has 0 spiro atoms. The molecule has 1 aliphatic heterocycles. The Morgan fingerprint density at radius 2 is 1.82 bits per heavy atom. The Balaban J connectivity index is 1.61. The van der Waals surface area contributed by atoms with E-state index < -0.39 is 23.5 Å². The Bertz CT molecular complexity index is 1310. The third-order valence-corrected chi connectivity index (χ3v) is 8.03. The molecular formula is C26H23ClN2O4S. The van der Waals surface area contributed by atoms with Crippen LogP contribution >= 0.6 is 22.9 Å². The predicted molar refractivity (Wildman–Crippen MR) is 131 cm³/mol. The number of aromatic hydroxyl groups is 1. The molecule has 2 N–H and O–H groups in total. The van der Waals surface area contributed by atoms with Crippen LogP contribution in [0.1, 0.15) is 52.7 Å². The number of ketones is 1. The molecule has 1 unspecified atom stereocenters. The molecule has 1 aromatic heterocycles. The SMILES string of the molecule is Cc1nc(-c2ccccc2)sc1C(=O)C1=C(O)C(=O)N(C2CCCC2)C1c1ccc(O)c(Cl)c1. The van der Waals surface area contributed by atoms with Gasteiger partial charge in [-0.25, -0.2) is 4.98 Å². The Kier molecular flexibility index (Phi) is 5.91. The second kappa shape index (κ2) is 8.89. The van der Waals surface area contributed by atoms with Crippen LogP contribution in [-0.2, 0) is 4.79 Å². The van der Waals surface area contributed by atoms with Crippen LogP contribution < -0.4 is 0 Å². The predicted octanol–water partition coefficient (Wildman–Crippen LogP) is 6.00. The lowest BCUT2D eigenvalue weighted by Gasteiger charge is -2.32. The standard InChI is InChI=1S/C26H23ClN2O4S/c1-14-24(34-25(28-14)15-7-3-2-4-8-15)22(31)20-21(16-11-12-19(30)18(27)13-16)29(26(33)23(20)32)17-9-5-6-10-17/h2-4,7-8,11-13,17,21,30,32H,5-6,9-10H2,1H3. The van der Waals surface area contributed by atoms with Gasteiger partial charge < -0.3 is 15.1 Å². The number of phenolic OH excluding ortho intramolecular Hbond substituents is 1. The van der Waals surface area contributed by atoms with Crippen LogP contribution in [0.4, 0.5) is 0 Å². The first-order valence-corrected chi connectivity index (χ1v) is 12.4. The van der Waals surface area contributed by atoms with Crippen molar-refractivity contribution in [2.24, 2.45) is 0 Å². The molecule has 2 aliphatic rings. The number of aromatic nitrogens is 1. The number of phenols is 1. The van der Waals surface area contributed by atoms with Crippen LogP contribution in [-0.4, -0.2) is 37.8 Å². The number of rotatable bonds is 5. The van der Waals surface area contributed by atoms with Crippen LogP contribution in [0.25, 0.3) is 10.6 Å². The third kappa shape index (κ3) is 3.79. The molecule has 0 bridgehead atoms. The minimum Gasteiger partial charge on any atom is -0.506 e. The fraction of sp³-hybridized carbons (Fsp3) is 0.269. The first-order chi connectivity index (χ1) is 16.4. The lowest BCUT2D eigenvalue weighted by atomic mass is 9.94. The summed E-state index contributed by atoms with van der Waals surface area (Å²) in [5.41, 5.74) is 2.04. The number of halogens is 1. The minimum atomic E-state index is -0.789. The van der Waals surface area contributed by atoms with Crippen molar-refractivity contribution in [1.82, 2.24) is 9.88 Å². The lowest BCUT2D eigenvalue weighted by molar-refractivity contribution is -0.131. The Hall–Kier alpha value is -3.16. The largest absolute Gasteiger partial charge is 0.506 e. The summed E-state index contributed by atoms with van der Waals surface area (Å²) in [6, 6.07) is 13.3. The van der Waals surface area contributed by atoms with Gasteiger partial charge in [-0.1, -0.05) is 60.8 Å². The molecule has 8 heteroatoms. The highest BCUT2D eigenvalue weighted by molar-refractivity contribution is 7.17. The highest BCUT2D eigenvalue weighted by Gasteiger charge is 2.47. The van der Waals surface area contributed by atoms with Gasteiger partial charge in [0.15, 0.2) is 5.76 Å². The quantitative estimate of drug-likeness (QED) is 0.424. The monoisotopic (exact) mass is 494 g/mol. The molecule has 1 aliphatic carbocycles. The first kappa shape index (κ1) is 22.6. The van der Waals surface area contributed by atoms with Gasteiger partial charge in [-0.15, -0.1) is 11.3 Å². The van der Waals surface area contributed by atoms with E-state index in [4.69, 9.17) is 11.6 Å². The average molecular weight is 495 g/mol. The number of aryl methyl sites for hydroxylation is 1. The summed E-state index contributed by atoms with van der Waals surface area (Å²) in [5, 5.41) is 21.7. The van der Waals surface area contributed by atoms with E-state index in [2.05, 4.69) is 4.98 Å². The molecule has 1 amide bonds. The molecule has 34 heavy (non-hydrogen) atoms. The summed E-state index contributed by atoms with van der Waals surface area (Å²) < 4.78 is 0. The summed E-state index contributed by atoms with van der Waals surface area (Å²) in [5.74, 6) is -1.58. The fourth-order valence-electron chi connectivity index (χ4n) is 4.87. The summed E-state index contributed by atoms with van der Waals surface area (Å²) in [7, 11) is 0. The molecule has 0 saturated heterocycles. The van der Waals surface area contributed by atoms with Gasteiger partial charge in [-0.2, -0.15) is 0 Å². The number of carbonyl (C=O) groups is 2. The average Bonchev–Trinajstić information content (AvgIpc) is 3.55. The van der Waals surface area contributed by atoms with Gasteiger partial charge in [-0.3, -0.25) is 9.59 Å². The number of thiazole rings is 1. The molecule has 1 saturated carbocycles. The number of amides is 1. The smallest absolute Gasteiger partial charge is 0.290 e. The number of hydrogen-bond acceptors (Lipinski definition) is 6. The van der Waals surface area contributed by atoms with Crippen LogP contribution in [0.5, 0.6) is 5.75 Å². The van der Waals surface area contributed by atoms with Crippen LogP contribution in [0.15, 0.2) is 59.9 Å². The van der Waals surface area contributed by atoms with E-state index in [-0.39, 0.29) is 22.4 Å². The van der Waals surface area contributed by atoms with Gasteiger partial charge >= 0.3 is 0 Å². The summed E-state index contributed by atoms with van der Waals surface area (Å²) in [6.07, 6.45) is 3.58. The number of carbonyl (C=O) groups excluding carboxylic acids is 2. The van der Waals surface area contributed by atoms with E-state index in [1.165, 1.54) is 17.4 Å². The van der Waals surface area contributed by atoms with Gasteiger partial charge in [0.25, 0.3) is 5.91 Å². The zero-order valence-electron chi connectivity index (χ0n) is 18.5. The molecular weight excluding hydrogens is 472 g/mol. The van der Waals surface area contributed by atoms with E-state index >= 15 is 0 Å². The number of aliphatic hydroxyl groups excluding tert-OH is 1. The van der Waals surface area contributed by atoms with E-state index in [1.54, 1.807) is 24.0 Å². The summed E-state index contributed by atoms with van der Waals surface area (Å²) in [4.78, 5) is 33.7. The van der Waals surface area contributed by atoms with E-state index in [9.17, 15) is 19.8 Å². The van der Waals surface area contributed by atoms with Crippen molar-refractivity contribution in [3.8, 4) is 16.3 Å². The van der Waals surface area contributed by atoms with Gasteiger partial charge in [0.2, 0.25) is 5.78 Å². The Morgan fingerprint density at radius 1 is 1.12 bits per heavy atom. The Labute approximate surface area is 206 Å². The maximum absolute atomic E-state index is 13.9. The summed E-state index contributed by atoms with van der Waals surface area (Å²) >= 11 is 7.43. The Morgan fingerprint density at radius 3 is 2.50 bits per heavy atom. The second-order valence-electron chi connectivity index (χ2n) is 8.66. The van der Waals surface area contributed by atoms with E-state index in [0.717, 1.165) is 31.2 Å². The minimum absolute atomic E-state index is 0.0324. The zero-order valence-corrected chi connectivity index (χ0v) is 20.1. The zero-order chi connectivity index (χ0) is 24.0. The first-order valence-electron chi connectivity index (χ1n) is 11.2. The molecule has 5 rings (SSSR count). The molecule has 0 radical (unpaired) electrons. The molecule has 2 aromatic carbocycles. The molecule has 2 heterocycles. The van der Waals surface area contributed by atoms with Gasteiger partial charge in [0.1, 0.15) is 10.8 Å². The van der Waals surface area contributed by atoms with E-state index in [1.807, 2.05) is 30.3 Å². The van der Waals surface area contributed by atoms with Crippen LogP contribution in [0.2, 0.25) is 5.02 Å². The normalized spacial score (nSPS) is 18.8.